The Balaban J connectivity index is 3.11. The maximum atomic E-state index is 12.8. The van der Waals surface area contributed by atoms with Crippen molar-refractivity contribution in [1.29, 1.82) is 0 Å². The van der Waals surface area contributed by atoms with Gasteiger partial charge in [0.1, 0.15) is 5.82 Å². The second kappa shape index (κ2) is 4.28. The maximum Gasteiger partial charge on any atom is 0.167 e. The van der Waals surface area contributed by atoms with Gasteiger partial charge < -0.3 is 14.9 Å². The summed E-state index contributed by atoms with van der Waals surface area (Å²) in [5.74, 6) is -0.741. The fourth-order valence-electron chi connectivity index (χ4n) is 1.12. The Hall–Kier alpha value is -1.29. The molecule has 1 aromatic rings. The van der Waals surface area contributed by atoms with E-state index in [1.807, 2.05) is 0 Å². The molecule has 0 spiro atoms. The molecule has 0 atom stereocenters. The van der Waals surface area contributed by atoms with E-state index in [2.05, 4.69) is 0 Å². The van der Waals surface area contributed by atoms with E-state index in [0.29, 0.717) is 0 Å². The van der Waals surface area contributed by atoms with Crippen LogP contribution < -0.4 is 4.74 Å². The molecule has 0 saturated carbocycles. The van der Waals surface area contributed by atoms with Gasteiger partial charge in [-0.3, -0.25) is 0 Å². The fraction of sp³-hybridized carbons (Fsp3) is 0.400. The molecule has 0 aliphatic carbocycles. The summed E-state index contributed by atoms with van der Waals surface area (Å²) in [7, 11) is 0. The molecular formula is C10H13FO3. The lowest BCUT2D eigenvalue weighted by atomic mass is 10.2. The van der Waals surface area contributed by atoms with Crippen molar-refractivity contribution in [3.8, 4) is 11.5 Å². The minimum atomic E-state index is -0.595. The third-order valence-corrected chi connectivity index (χ3v) is 1.63. The van der Waals surface area contributed by atoms with Crippen LogP contribution in [0.25, 0.3) is 0 Å². The van der Waals surface area contributed by atoms with Crippen LogP contribution in [-0.2, 0) is 6.61 Å². The van der Waals surface area contributed by atoms with Gasteiger partial charge in [0.05, 0.1) is 12.7 Å². The number of phenols is 1. The van der Waals surface area contributed by atoms with Gasteiger partial charge >= 0.3 is 0 Å². The van der Waals surface area contributed by atoms with Gasteiger partial charge in [0.25, 0.3) is 0 Å². The van der Waals surface area contributed by atoms with E-state index in [0.717, 1.165) is 12.1 Å². The molecule has 0 radical (unpaired) electrons. The van der Waals surface area contributed by atoms with Crippen LogP contribution in [0.1, 0.15) is 19.4 Å². The Morgan fingerprint density at radius 2 is 2.07 bits per heavy atom. The van der Waals surface area contributed by atoms with Crippen LogP contribution in [-0.4, -0.2) is 16.3 Å². The van der Waals surface area contributed by atoms with Crippen molar-refractivity contribution >= 4 is 0 Å². The maximum absolute atomic E-state index is 12.8. The number of aliphatic hydroxyl groups excluding tert-OH is 1. The van der Waals surface area contributed by atoms with Gasteiger partial charge in [0.15, 0.2) is 11.5 Å². The molecule has 0 saturated heterocycles. The summed E-state index contributed by atoms with van der Waals surface area (Å²) in [6.45, 7) is 3.20. The molecule has 3 nitrogen and oxygen atoms in total. The van der Waals surface area contributed by atoms with Crippen LogP contribution >= 0.6 is 0 Å². The van der Waals surface area contributed by atoms with E-state index in [1.54, 1.807) is 13.8 Å². The first-order chi connectivity index (χ1) is 6.54. The zero-order valence-corrected chi connectivity index (χ0v) is 8.12. The molecule has 0 aliphatic rings. The second-order valence-corrected chi connectivity index (χ2v) is 3.24. The number of halogens is 1. The molecule has 4 heteroatoms. The van der Waals surface area contributed by atoms with Gasteiger partial charge in [-0.25, -0.2) is 4.39 Å². The van der Waals surface area contributed by atoms with Crippen molar-refractivity contribution in [3.05, 3.63) is 23.5 Å². The standard InChI is InChI=1S/C10H13FO3/c1-6(2)14-10-7(5-12)3-8(11)4-9(10)13/h3-4,6,12-13H,5H2,1-2H3. The van der Waals surface area contributed by atoms with Crippen molar-refractivity contribution in [2.45, 2.75) is 26.6 Å². The van der Waals surface area contributed by atoms with Crippen molar-refractivity contribution in [2.24, 2.45) is 0 Å². The molecule has 0 unspecified atom stereocenters. The summed E-state index contributed by atoms with van der Waals surface area (Å²) in [5.41, 5.74) is 0.246. The third kappa shape index (κ3) is 2.35. The summed E-state index contributed by atoms with van der Waals surface area (Å²) < 4.78 is 18.1. The van der Waals surface area contributed by atoms with Crippen molar-refractivity contribution in [1.82, 2.24) is 0 Å². The Labute approximate surface area is 81.8 Å². The normalized spacial score (nSPS) is 10.6. The minimum Gasteiger partial charge on any atom is -0.504 e. The Morgan fingerprint density at radius 1 is 1.43 bits per heavy atom. The molecular weight excluding hydrogens is 187 g/mol. The average molecular weight is 200 g/mol. The van der Waals surface area contributed by atoms with E-state index < -0.39 is 5.82 Å². The van der Waals surface area contributed by atoms with Gasteiger partial charge in [-0.05, 0) is 19.9 Å². The summed E-state index contributed by atoms with van der Waals surface area (Å²) in [4.78, 5) is 0. The van der Waals surface area contributed by atoms with Gasteiger partial charge in [0.2, 0.25) is 0 Å². The van der Waals surface area contributed by atoms with E-state index in [4.69, 9.17) is 9.84 Å². The topological polar surface area (TPSA) is 49.7 Å². The number of phenolic OH excluding ortho intramolecular Hbond substituents is 1. The van der Waals surface area contributed by atoms with Crippen molar-refractivity contribution in [3.63, 3.8) is 0 Å². The van der Waals surface area contributed by atoms with Crippen LogP contribution in [0.3, 0.4) is 0 Å². The zero-order valence-electron chi connectivity index (χ0n) is 8.12. The molecule has 0 aliphatic heterocycles. The number of hydrogen-bond donors (Lipinski definition) is 2. The first-order valence-electron chi connectivity index (χ1n) is 4.33. The molecule has 0 bridgehead atoms. The van der Waals surface area contributed by atoms with Crippen molar-refractivity contribution < 1.29 is 19.3 Å². The Morgan fingerprint density at radius 3 is 2.57 bits per heavy atom. The monoisotopic (exact) mass is 200 g/mol. The highest BCUT2D eigenvalue weighted by molar-refractivity contribution is 5.45. The Kier molecular flexibility index (Phi) is 3.30. The van der Waals surface area contributed by atoms with Crippen LogP contribution in [0.4, 0.5) is 4.39 Å². The first-order valence-corrected chi connectivity index (χ1v) is 4.33. The molecule has 0 fully saturated rings. The third-order valence-electron chi connectivity index (χ3n) is 1.63. The van der Waals surface area contributed by atoms with Gasteiger partial charge in [-0.1, -0.05) is 0 Å². The molecule has 78 valence electrons. The SMILES string of the molecule is CC(C)Oc1c(O)cc(F)cc1CO. The lowest BCUT2D eigenvalue weighted by molar-refractivity contribution is 0.215. The van der Waals surface area contributed by atoms with E-state index in [9.17, 15) is 9.50 Å². The van der Waals surface area contributed by atoms with Gasteiger partial charge in [-0.15, -0.1) is 0 Å². The summed E-state index contributed by atoms with van der Waals surface area (Å²) >= 11 is 0. The molecule has 1 aromatic carbocycles. The minimum absolute atomic E-state index is 0.142. The number of benzene rings is 1. The summed E-state index contributed by atoms with van der Waals surface area (Å²) in [5, 5.41) is 18.3. The highest BCUT2D eigenvalue weighted by Gasteiger charge is 2.12. The largest absolute Gasteiger partial charge is 0.504 e. The fourth-order valence-corrected chi connectivity index (χ4v) is 1.12. The summed E-state index contributed by atoms with van der Waals surface area (Å²) in [6.07, 6.45) is -0.142. The quantitative estimate of drug-likeness (QED) is 0.782. The molecule has 1 rings (SSSR count). The predicted octanol–water partition coefficient (Wildman–Crippen LogP) is 1.81. The number of aliphatic hydroxyl groups is 1. The molecule has 2 N–H and O–H groups in total. The lowest BCUT2D eigenvalue weighted by Crippen LogP contribution is -2.08. The smallest absolute Gasteiger partial charge is 0.167 e. The number of hydrogen-bond acceptors (Lipinski definition) is 3. The Bertz CT molecular complexity index is 323. The van der Waals surface area contributed by atoms with Gasteiger partial charge in [-0.2, -0.15) is 0 Å². The van der Waals surface area contributed by atoms with Crippen molar-refractivity contribution in [2.75, 3.05) is 0 Å². The zero-order chi connectivity index (χ0) is 10.7. The molecule has 0 amide bonds. The van der Waals surface area contributed by atoms with E-state index in [-0.39, 0.29) is 29.8 Å². The molecule has 14 heavy (non-hydrogen) atoms. The summed E-state index contributed by atoms with van der Waals surface area (Å²) in [6, 6.07) is 2.09. The first kappa shape index (κ1) is 10.8. The lowest BCUT2D eigenvalue weighted by Gasteiger charge is -2.14. The molecule has 0 heterocycles. The molecule has 0 aromatic heterocycles. The van der Waals surface area contributed by atoms with Gasteiger partial charge in [0, 0.05) is 11.6 Å². The highest BCUT2D eigenvalue weighted by atomic mass is 19.1. The van der Waals surface area contributed by atoms with Crippen LogP contribution in [0.5, 0.6) is 11.5 Å². The van der Waals surface area contributed by atoms with Crippen LogP contribution in [0, 0.1) is 5.82 Å². The second-order valence-electron chi connectivity index (χ2n) is 3.24. The average Bonchev–Trinajstić information content (AvgIpc) is 2.08. The van der Waals surface area contributed by atoms with Crippen LogP contribution in [0.2, 0.25) is 0 Å². The van der Waals surface area contributed by atoms with E-state index in [1.165, 1.54) is 0 Å². The number of aromatic hydroxyl groups is 1. The predicted molar refractivity (Wildman–Crippen MR) is 49.8 cm³/mol. The van der Waals surface area contributed by atoms with E-state index >= 15 is 0 Å². The highest BCUT2D eigenvalue weighted by Crippen LogP contribution is 2.32. The van der Waals surface area contributed by atoms with Crippen LogP contribution in [0.15, 0.2) is 12.1 Å². The number of rotatable bonds is 3. The number of ether oxygens (including phenoxy) is 1.